The van der Waals surface area contributed by atoms with Gasteiger partial charge in [0.2, 0.25) is 0 Å². The summed E-state index contributed by atoms with van der Waals surface area (Å²) in [6.07, 6.45) is -0.168. The molecule has 0 aliphatic heterocycles. The second kappa shape index (κ2) is 7.14. The van der Waals surface area contributed by atoms with E-state index in [9.17, 15) is 30.6 Å². The molecule has 28 heavy (non-hydrogen) atoms. The highest BCUT2D eigenvalue weighted by atomic mass is 16.5. The standard InChI is InChI=1S/C20H24O8/c1-27-16-5-11(3-4-14(16)23)18-13-7-15(24)17(28-2)6-12(13)8-19(25,9-21)20(18,26)10-22/h3-7,18,21-26H,8-10H2,1-2H3/t18-,19-,20-/m1/s1. The van der Waals surface area contributed by atoms with Gasteiger partial charge in [0.15, 0.2) is 23.0 Å². The Kier molecular flexibility index (Phi) is 5.16. The Morgan fingerprint density at radius 2 is 1.57 bits per heavy atom. The molecular weight excluding hydrogens is 368 g/mol. The molecule has 0 amide bonds. The highest BCUT2D eigenvalue weighted by Crippen LogP contribution is 2.51. The summed E-state index contributed by atoms with van der Waals surface area (Å²) >= 11 is 0. The van der Waals surface area contributed by atoms with Crippen molar-refractivity contribution < 1.29 is 40.1 Å². The molecule has 8 nitrogen and oxygen atoms in total. The van der Waals surface area contributed by atoms with Crippen molar-refractivity contribution in [1.29, 1.82) is 0 Å². The molecule has 1 aliphatic carbocycles. The zero-order valence-electron chi connectivity index (χ0n) is 15.6. The summed E-state index contributed by atoms with van der Waals surface area (Å²) in [4.78, 5) is 0. The van der Waals surface area contributed by atoms with Crippen LogP contribution in [0.5, 0.6) is 23.0 Å². The largest absolute Gasteiger partial charge is 0.504 e. The van der Waals surface area contributed by atoms with E-state index in [1.165, 1.54) is 44.6 Å². The minimum atomic E-state index is -2.17. The van der Waals surface area contributed by atoms with E-state index in [0.29, 0.717) is 16.7 Å². The number of methoxy groups -OCH3 is 2. The van der Waals surface area contributed by atoms with Crippen LogP contribution in [0.4, 0.5) is 0 Å². The number of aromatic hydroxyl groups is 2. The van der Waals surface area contributed by atoms with Crippen LogP contribution in [0.2, 0.25) is 0 Å². The van der Waals surface area contributed by atoms with E-state index < -0.39 is 30.3 Å². The summed E-state index contributed by atoms with van der Waals surface area (Å²) in [5.74, 6) is -1.02. The monoisotopic (exact) mass is 392 g/mol. The fourth-order valence-corrected chi connectivity index (χ4v) is 3.97. The lowest BCUT2D eigenvalue weighted by Gasteiger charge is -2.50. The van der Waals surface area contributed by atoms with Crippen molar-refractivity contribution in [3.05, 3.63) is 47.0 Å². The van der Waals surface area contributed by atoms with Gasteiger partial charge in [-0.2, -0.15) is 0 Å². The number of ether oxygens (including phenoxy) is 2. The van der Waals surface area contributed by atoms with E-state index in [1.54, 1.807) is 0 Å². The minimum Gasteiger partial charge on any atom is -0.504 e. The topological polar surface area (TPSA) is 140 Å². The van der Waals surface area contributed by atoms with Gasteiger partial charge in [0.25, 0.3) is 0 Å². The van der Waals surface area contributed by atoms with Crippen LogP contribution in [0.3, 0.4) is 0 Å². The molecule has 0 spiro atoms. The van der Waals surface area contributed by atoms with Crippen molar-refractivity contribution in [2.45, 2.75) is 23.5 Å². The average molecular weight is 392 g/mol. The van der Waals surface area contributed by atoms with E-state index in [0.717, 1.165) is 0 Å². The summed E-state index contributed by atoms with van der Waals surface area (Å²) < 4.78 is 10.3. The lowest BCUT2D eigenvalue weighted by atomic mass is 9.61. The number of benzene rings is 2. The van der Waals surface area contributed by atoms with Gasteiger partial charge in [-0.15, -0.1) is 0 Å². The van der Waals surface area contributed by atoms with Gasteiger partial charge in [-0.1, -0.05) is 6.07 Å². The molecule has 0 heterocycles. The summed E-state index contributed by atoms with van der Waals surface area (Å²) in [5, 5.41) is 62.4. The first kappa shape index (κ1) is 20.2. The van der Waals surface area contributed by atoms with Gasteiger partial charge in [0.05, 0.1) is 27.4 Å². The van der Waals surface area contributed by atoms with Crippen LogP contribution in [0.1, 0.15) is 22.6 Å². The van der Waals surface area contributed by atoms with Crippen molar-refractivity contribution in [2.24, 2.45) is 0 Å². The second-order valence-electron chi connectivity index (χ2n) is 7.04. The third-order valence-corrected chi connectivity index (χ3v) is 5.56. The molecule has 6 N–H and O–H groups in total. The number of hydrogen-bond acceptors (Lipinski definition) is 8. The Hall–Kier alpha value is -2.52. The summed E-state index contributed by atoms with van der Waals surface area (Å²) in [5.41, 5.74) is -2.85. The first-order valence-electron chi connectivity index (χ1n) is 8.67. The number of phenolic OH excluding ortho intramolecular Hbond substituents is 2. The maximum atomic E-state index is 11.3. The minimum absolute atomic E-state index is 0.121. The molecule has 0 saturated heterocycles. The molecular formula is C20H24O8. The first-order chi connectivity index (χ1) is 13.2. The lowest BCUT2D eigenvalue weighted by Crippen LogP contribution is -2.65. The molecule has 3 atom stereocenters. The van der Waals surface area contributed by atoms with Crippen molar-refractivity contribution >= 4 is 0 Å². The number of phenols is 2. The van der Waals surface area contributed by atoms with Crippen LogP contribution in [0.15, 0.2) is 30.3 Å². The van der Waals surface area contributed by atoms with Gasteiger partial charge in [-0.3, -0.25) is 0 Å². The Morgan fingerprint density at radius 1 is 0.929 bits per heavy atom. The number of aliphatic hydroxyl groups is 4. The van der Waals surface area contributed by atoms with E-state index in [-0.39, 0.29) is 29.4 Å². The number of fused-ring (bicyclic) bond motifs is 1. The zero-order valence-corrected chi connectivity index (χ0v) is 15.6. The molecule has 0 bridgehead atoms. The molecule has 2 aromatic rings. The van der Waals surface area contributed by atoms with Crippen molar-refractivity contribution in [1.82, 2.24) is 0 Å². The fourth-order valence-electron chi connectivity index (χ4n) is 3.97. The van der Waals surface area contributed by atoms with Crippen LogP contribution in [0, 0.1) is 0 Å². The Bertz CT molecular complexity index is 883. The predicted octanol–water partition coefficient (Wildman–Crippen LogP) is 0.250. The van der Waals surface area contributed by atoms with Crippen LogP contribution < -0.4 is 9.47 Å². The van der Waals surface area contributed by atoms with Crippen LogP contribution in [0.25, 0.3) is 0 Å². The van der Waals surface area contributed by atoms with Crippen LogP contribution in [-0.4, -0.2) is 69.3 Å². The summed E-state index contributed by atoms with van der Waals surface area (Å²) in [6.45, 7) is -1.66. The molecule has 0 saturated carbocycles. The third-order valence-electron chi connectivity index (χ3n) is 5.56. The Morgan fingerprint density at radius 3 is 2.14 bits per heavy atom. The van der Waals surface area contributed by atoms with E-state index in [2.05, 4.69) is 0 Å². The van der Waals surface area contributed by atoms with Crippen molar-refractivity contribution in [2.75, 3.05) is 27.4 Å². The van der Waals surface area contributed by atoms with Gasteiger partial charge in [-0.05, 0) is 41.0 Å². The molecule has 0 fully saturated rings. The van der Waals surface area contributed by atoms with E-state index >= 15 is 0 Å². The highest BCUT2D eigenvalue weighted by molar-refractivity contribution is 5.56. The normalized spacial score (nSPS) is 26.6. The van der Waals surface area contributed by atoms with Gasteiger partial charge < -0.3 is 40.1 Å². The molecule has 8 heteroatoms. The second-order valence-corrected chi connectivity index (χ2v) is 7.04. The van der Waals surface area contributed by atoms with Gasteiger partial charge >= 0.3 is 0 Å². The van der Waals surface area contributed by atoms with Gasteiger partial charge in [0.1, 0.15) is 11.2 Å². The van der Waals surface area contributed by atoms with Crippen LogP contribution >= 0.6 is 0 Å². The molecule has 152 valence electrons. The number of hydrogen-bond donors (Lipinski definition) is 6. The summed E-state index contributed by atoms with van der Waals surface area (Å²) in [6, 6.07) is 7.26. The van der Waals surface area contributed by atoms with Gasteiger partial charge in [0, 0.05) is 12.3 Å². The molecule has 0 aromatic heterocycles. The number of aliphatic hydroxyl groups excluding tert-OH is 2. The highest BCUT2D eigenvalue weighted by Gasteiger charge is 2.58. The van der Waals surface area contributed by atoms with Gasteiger partial charge in [-0.25, -0.2) is 0 Å². The van der Waals surface area contributed by atoms with Crippen molar-refractivity contribution in [3.63, 3.8) is 0 Å². The molecule has 1 aliphatic rings. The van der Waals surface area contributed by atoms with E-state index in [1.807, 2.05) is 0 Å². The Balaban J connectivity index is 2.32. The summed E-state index contributed by atoms with van der Waals surface area (Å²) in [7, 11) is 2.75. The number of rotatable bonds is 5. The SMILES string of the molecule is COc1cc([C@@H]2c3cc(O)c(OC)cc3C[C@@](O)(CO)[C@@]2(O)CO)ccc1O. The average Bonchev–Trinajstić information content (AvgIpc) is 2.69. The fraction of sp³-hybridized carbons (Fsp3) is 0.400. The van der Waals surface area contributed by atoms with Crippen LogP contribution in [-0.2, 0) is 6.42 Å². The smallest absolute Gasteiger partial charge is 0.160 e. The third kappa shape index (κ3) is 2.85. The molecule has 0 unspecified atom stereocenters. The lowest BCUT2D eigenvalue weighted by molar-refractivity contribution is -0.201. The maximum absolute atomic E-state index is 11.3. The van der Waals surface area contributed by atoms with E-state index in [4.69, 9.17) is 9.47 Å². The quantitative estimate of drug-likeness (QED) is 0.426. The van der Waals surface area contributed by atoms with Crippen molar-refractivity contribution in [3.8, 4) is 23.0 Å². The molecule has 2 aromatic carbocycles. The maximum Gasteiger partial charge on any atom is 0.160 e. The Labute approximate surface area is 161 Å². The predicted molar refractivity (Wildman–Crippen MR) is 98.9 cm³/mol. The molecule has 3 rings (SSSR count). The first-order valence-corrected chi connectivity index (χ1v) is 8.67. The zero-order chi connectivity index (χ0) is 20.7. The molecule has 0 radical (unpaired) electrons.